The van der Waals surface area contributed by atoms with Gasteiger partial charge in [-0.05, 0) is 6.08 Å². The first kappa shape index (κ1) is 5.44. The molecule has 0 aromatic rings. The van der Waals surface area contributed by atoms with Gasteiger partial charge in [0, 0.05) is 6.54 Å². The first-order chi connectivity index (χ1) is 2.91. The third-order valence-electron chi connectivity index (χ3n) is 0.338. The van der Waals surface area contributed by atoms with Crippen molar-refractivity contribution in [1.29, 1.82) is 0 Å². The van der Waals surface area contributed by atoms with Gasteiger partial charge in [0.1, 0.15) is 0 Å². The van der Waals surface area contributed by atoms with Crippen molar-refractivity contribution in [3.63, 3.8) is 0 Å². The van der Waals surface area contributed by atoms with Gasteiger partial charge in [-0.25, -0.2) is 5.48 Å². The van der Waals surface area contributed by atoms with Crippen LogP contribution in [0.5, 0.6) is 0 Å². The van der Waals surface area contributed by atoms with E-state index in [1.165, 1.54) is 0 Å². The lowest BCUT2D eigenvalue weighted by molar-refractivity contribution is 0.179. The third-order valence-corrected chi connectivity index (χ3v) is 0.338. The first-order valence-electron chi connectivity index (χ1n) is 1.63. The van der Waals surface area contributed by atoms with Crippen molar-refractivity contribution < 1.29 is 5.21 Å². The highest BCUT2D eigenvalue weighted by atomic mass is 16.5. The van der Waals surface area contributed by atoms with Gasteiger partial charge >= 0.3 is 0 Å². The van der Waals surface area contributed by atoms with Gasteiger partial charge in [-0.3, -0.25) is 0 Å². The second-order valence-electron chi connectivity index (χ2n) is 0.770. The van der Waals surface area contributed by atoms with Gasteiger partial charge in [-0.2, -0.15) is 0 Å². The minimum absolute atomic E-state index is 0.420. The van der Waals surface area contributed by atoms with E-state index in [1.54, 1.807) is 6.08 Å². The van der Waals surface area contributed by atoms with Crippen molar-refractivity contribution in [2.45, 2.75) is 0 Å². The van der Waals surface area contributed by atoms with Gasteiger partial charge < -0.3 is 5.21 Å². The first-order valence-corrected chi connectivity index (χ1v) is 1.63. The Morgan fingerprint density at radius 1 is 2.00 bits per heavy atom. The maximum atomic E-state index is 7.85. The van der Waals surface area contributed by atoms with Crippen molar-refractivity contribution in [2.24, 2.45) is 0 Å². The average molecular weight is 85.1 g/mol. The minimum atomic E-state index is 0.420. The Morgan fingerprint density at radius 3 is 2.83 bits per heavy atom. The van der Waals surface area contributed by atoms with Crippen LogP contribution < -0.4 is 5.48 Å². The van der Waals surface area contributed by atoms with Crippen molar-refractivity contribution in [3.05, 3.63) is 18.4 Å². The zero-order chi connectivity index (χ0) is 4.83. The van der Waals surface area contributed by atoms with E-state index >= 15 is 0 Å². The fourth-order valence-electron chi connectivity index (χ4n) is 0.118. The summed E-state index contributed by atoms with van der Waals surface area (Å²) < 4.78 is 0. The number of hydroxylamine groups is 1. The summed E-state index contributed by atoms with van der Waals surface area (Å²) in [5, 5.41) is 7.85. The molecule has 0 spiro atoms. The van der Waals surface area contributed by atoms with Crippen molar-refractivity contribution in [3.8, 4) is 0 Å². The van der Waals surface area contributed by atoms with E-state index in [9.17, 15) is 0 Å². The van der Waals surface area contributed by atoms with Crippen molar-refractivity contribution in [2.75, 3.05) is 6.54 Å². The summed E-state index contributed by atoms with van der Waals surface area (Å²) in [6, 6.07) is 0. The quantitative estimate of drug-likeness (QED) is 0.373. The summed E-state index contributed by atoms with van der Waals surface area (Å²) in [7, 11) is 0. The lowest BCUT2D eigenvalue weighted by Crippen LogP contribution is -2.04. The highest BCUT2D eigenvalue weighted by Gasteiger charge is 1.61. The molecule has 0 radical (unpaired) electrons. The lowest BCUT2D eigenvalue weighted by Gasteiger charge is -1.78. The smallest absolute Gasteiger partial charge is 0.0462 e. The Balaban J connectivity index is 2.86. The van der Waals surface area contributed by atoms with Gasteiger partial charge in [-0.15, -0.1) is 5.73 Å². The molecule has 0 rings (SSSR count). The van der Waals surface area contributed by atoms with Crippen LogP contribution in [0.3, 0.4) is 0 Å². The SMILES string of the molecule is C=C=CCNO. The Labute approximate surface area is 36.8 Å². The van der Waals surface area contributed by atoms with E-state index in [1.807, 2.05) is 5.48 Å². The molecule has 0 saturated carbocycles. The zero-order valence-electron chi connectivity index (χ0n) is 3.44. The van der Waals surface area contributed by atoms with E-state index in [0.717, 1.165) is 0 Å². The second kappa shape index (κ2) is 4.44. The highest BCUT2D eigenvalue weighted by Crippen LogP contribution is 1.53. The molecule has 0 fully saturated rings. The summed E-state index contributed by atoms with van der Waals surface area (Å²) in [6.07, 6.45) is 1.58. The van der Waals surface area contributed by atoms with Crippen LogP contribution in [0.4, 0.5) is 0 Å². The van der Waals surface area contributed by atoms with Crippen molar-refractivity contribution >= 4 is 0 Å². The highest BCUT2D eigenvalue weighted by molar-refractivity contribution is 4.75. The van der Waals surface area contributed by atoms with Crippen LogP contribution in [0.1, 0.15) is 0 Å². The molecule has 2 N–H and O–H groups in total. The Hall–Kier alpha value is -0.560. The zero-order valence-corrected chi connectivity index (χ0v) is 3.44. The molecule has 2 nitrogen and oxygen atoms in total. The molecule has 0 aliphatic heterocycles. The molecule has 0 heterocycles. The molecule has 0 atom stereocenters. The normalized spacial score (nSPS) is 6.83. The second-order valence-corrected chi connectivity index (χ2v) is 0.770. The molecule has 0 bridgehead atoms. The molecule has 0 aliphatic rings. The molecular formula is C4H7NO. The third kappa shape index (κ3) is 3.44. The van der Waals surface area contributed by atoms with Crippen LogP contribution in [0, 0.1) is 0 Å². The predicted octanol–water partition coefficient (Wildman–Crippen LogP) is 0.306. The Morgan fingerprint density at radius 2 is 2.67 bits per heavy atom. The molecule has 0 aromatic carbocycles. The maximum Gasteiger partial charge on any atom is 0.0462 e. The van der Waals surface area contributed by atoms with E-state index in [-0.39, 0.29) is 0 Å². The molecule has 6 heavy (non-hydrogen) atoms. The van der Waals surface area contributed by atoms with E-state index < -0.39 is 0 Å². The van der Waals surface area contributed by atoms with E-state index in [4.69, 9.17) is 5.21 Å². The Kier molecular flexibility index (Phi) is 4.03. The maximum absolute atomic E-state index is 7.85. The summed E-state index contributed by atoms with van der Waals surface area (Å²) >= 11 is 0. The van der Waals surface area contributed by atoms with E-state index in [0.29, 0.717) is 6.54 Å². The summed E-state index contributed by atoms with van der Waals surface area (Å²) in [5.41, 5.74) is 4.38. The fraction of sp³-hybridized carbons (Fsp3) is 0.250. The summed E-state index contributed by atoms with van der Waals surface area (Å²) in [4.78, 5) is 0. The summed E-state index contributed by atoms with van der Waals surface area (Å²) in [6.45, 7) is 3.69. The topological polar surface area (TPSA) is 32.3 Å². The van der Waals surface area contributed by atoms with Gasteiger partial charge in [0.25, 0.3) is 0 Å². The molecule has 0 aliphatic carbocycles. The van der Waals surface area contributed by atoms with Crippen molar-refractivity contribution in [1.82, 2.24) is 5.48 Å². The van der Waals surface area contributed by atoms with Gasteiger partial charge in [0.05, 0.1) is 0 Å². The van der Waals surface area contributed by atoms with E-state index in [2.05, 4.69) is 12.3 Å². The van der Waals surface area contributed by atoms with Crippen LogP contribution in [0.25, 0.3) is 0 Å². The van der Waals surface area contributed by atoms with Gasteiger partial charge in [0.2, 0.25) is 0 Å². The summed E-state index contributed by atoms with van der Waals surface area (Å²) in [5.74, 6) is 0. The van der Waals surface area contributed by atoms with Gasteiger partial charge in [-0.1, -0.05) is 6.58 Å². The molecule has 0 unspecified atom stereocenters. The number of hydrogen-bond acceptors (Lipinski definition) is 2. The molecule has 2 heteroatoms. The number of rotatable bonds is 2. The lowest BCUT2D eigenvalue weighted by atomic mass is 10.6. The molecule has 34 valence electrons. The molecular weight excluding hydrogens is 78.0 g/mol. The standard InChI is InChI=1S/C4H7NO/c1-2-3-4-5-6/h3,5-6H,1,4H2. The van der Waals surface area contributed by atoms with Crippen LogP contribution in [-0.4, -0.2) is 11.8 Å². The largest absolute Gasteiger partial charge is 0.316 e. The molecule has 0 saturated heterocycles. The monoisotopic (exact) mass is 85.1 g/mol. The minimum Gasteiger partial charge on any atom is -0.316 e. The Bertz CT molecular complexity index is 63.9. The fourth-order valence-corrected chi connectivity index (χ4v) is 0.118. The van der Waals surface area contributed by atoms with Gasteiger partial charge in [0.15, 0.2) is 0 Å². The van der Waals surface area contributed by atoms with Crippen LogP contribution >= 0.6 is 0 Å². The number of nitrogens with one attached hydrogen (secondary N) is 1. The number of hydrogen-bond donors (Lipinski definition) is 2. The van der Waals surface area contributed by atoms with Crippen LogP contribution in [-0.2, 0) is 0 Å². The van der Waals surface area contributed by atoms with Crippen LogP contribution in [0.15, 0.2) is 18.4 Å². The predicted molar refractivity (Wildman–Crippen MR) is 23.5 cm³/mol. The molecule has 0 amide bonds. The van der Waals surface area contributed by atoms with Crippen LogP contribution in [0.2, 0.25) is 0 Å². The molecule has 0 aromatic heterocycles. The average Bonchev–Trinajstić information content (AvgIpc) is 1.61.